The predicted octanol–water partition coefficient (Wildman–Crippen LogP) is 1.60. The van der Waals surface area contributed by atoms with Gasteiger partial charge in [-0.05, 0) is 25.7 Å². The number of hydrogen-bond acceptors (Lipinski definition) is 3. The molecule has 0 rings (SSSR count). The maximum absolute atomic E-state index is 11.7. The van der Waals surface area contributed by atoms with Crippen LogP contribution in [0.2, 0.25) is 0 Å². The number of rotatable bonds is 6. The van der Waals surface area contributed by atoms with Crippen LogP contribution in [0.3, 0.4) is 0 Å². The highest BCUT2D eigenvalue weighted by Crippen LogP contribution is 2.26. The number of hydrogen-bond donors (Lipinski definition) is 3. The molecule has 0 aromatic carbocycles. The number of ether oxygens (including phenoxy) is 1. The van der Waals surface area contributed by atoms with Crippen LogP contribution in [-0.4, -0.2) is 42.4 Å². The monoisotopic (exact) mass is 274 g/mol. The SMILES string of the molecule is COC(CNC(=O)NC(C)(C)CC(C)(C)C)C(=O)O. The Morgan fingerprint density at radius 3 is 2.11 bits per heavy atom. The van der Waals surface area contributed by atoms with Crippen LogP contribution in [0.25, 0.3) is 0 Å². The Morgan fingerprint density at radius 2 is 1.74 bits per heavy atom. The van der Waals surface area contributed by atoms with Gasteiger partial charge in [-0.15, -0.1) is 0 Å². The third-order valence-electron chi connectivity index (χ3n) is 2.43. The van der Waals surface area contributed by atoms with Crippen molar-refractivity contribution < 1.29 is 19.4 Å². The van der Waals surface area contributed by atoms with E-state index in [1.165, 1.54) is 7.11 Å². The van der Waals surface area contributed by atoms with Crippen LogP contribution in [-0.2, 0) is 9.53 Å². The van der Waals surface area contributed by atoms with E-state index in [1.54, 1.807) is 0 Å². The second kappa shape index (κ2) is 6.75. The molecule has 0 aliphatic carbocycles. The first-order chi connectivity index (χ1) is 8.47. The fourth-order valence-electron chi connectivity index (χ4n) is 2.18. The molecule has 19 heavy (non-hydrogen) atoms. The van der Waals surface area contributed by atoms with Crippen molar-refractivity contribution in [2.75, 3.05) is 13.7 Å². The molecule has 0 aromatic rings. The number of carbonyl (C=O) groups excluding carboxylic acids is 1. The lowest BCUT2D eigenvalue weighted by Gasteiger charge is -2.33. The molecule has 0 fully saturated rings. The molecule has 0 saturated carbocycles. The topological polar surface area (TPSA) is 87.7 Å². The predicted molar refractivity (Wildman–Crippen MR) is 73.1 cm³/mol. The molecule has 0 saturated heterocycles. The number of carboxylic acids is 1. The first-order valence-corrected chi connectivity index (χ1v) is 6.28. The van der Waals surface area contributed by atoms with E-state index in [-0.39, 0.29) is 17.5 Å². The minimum absolute atomic E-state index is 0.0662. The number of carbonyl (C=O) groups is 2. The van der Waals surface area contributed by atoms with Crippen molar-refractivity contribution in [1.29, 1.82) is 0 Å². The first kappa shape index (κ1) is 17.7. The molecule has 6 heteroatoms. The number of amides is 2. The van der Waals surface area contributed by atoms with Crippen molar-refractivity contribution >= 4 is 12.0 Å². The van der Waals surface area contributed by atoms with Gasteiger partial charge < -0.3 is 20.5 Å². The smallest absolute Gasteiger partial charge is 0.334 e. The van der Waals surface area contributed by atoms with Crippen molar-refractivity contribution in [3.05, 3.63) is 0 Å². The summed E-state index contributed by atoms with van der Waals surface area (Å²) in [6.07, 6.45) is -0.225. The van der Waals surface area contributed by atoms with E-state index < -0.39 is 18.1 Å². The van der Waals surface area contributed by atoms with E-state index >= 15 is 0 Å². The van der Waals surface area contributed by atoms with Gasteiger partial charge >= 0.3 is 12.0 Å². The molecular weight excluding hydrogens is 248 g/mol. The molecule has 0 heterocycles. The largest absolute Gasteiger partial charge is 0.479 e. The number of carboxylic acid groups (broad SMARTS) is 1. The Bertz CT molecular complexity index is 321. The third-order valence-corrected chi connectivity index (χ3v) is 2.43. The minimum atomic E-state index is -1.10. The van der Waals surface area contributed by atoms with Crippen LogP contribution in [0.15, 0.2) is 0 Å². The molecular formula is C13H26N2O4. The van der Waals surface area contributed by atoms with Crippen LogP contribution >= 0.6 is 0 Å². The van der Waals surface area contributed by atoms with Gasteiger partial charge in [0.05, 0.1) is 6.54 Å². The molecule has 1 atom stereocenters. The second-order valence-electron chi connectivity index (χ2n) is 6.52. The number of aliphatic carboxylic acids is 1. The average molecular weight is 274 g/mol. The molecule has 0 aliphatic heterocycles. The minimum Gasteiger partial charge on any atom is -0.479 e. The van der Waals surface area contributed by atoms with Crippen molar-refractivity contribution in [3.63, 3.8) is 0 Å². The van der Waals surface area contributed by atoms with Gasteiger partial charge in [0.15, 0.2) is 6.10 Å². The fourth-order valence-corrected chi connectivity index (χ4v) is 2.18. The van der Waals surface area contributed by atoms with E-state index in [1.807, 2.05) is 13.8 Å². The van der Waals surface area contributed by atoms with Gasteiger partial charge in [-0.3, -0.25) is 0 Å². The summed E-state index contributed by atoms with van der Waals surface area (Å²) in [5, 5.41) is 14.1. The molecule has 0 aromatic heterocycles. The van der Waals surface area contributed by atoms with Crippen LogP contribution in [0.4, 0.5) is 4.79 Å². The summed E-state index contributed by atoms with van der Waals surface area (Å²) in [6, 6.07) is -0.391. The van der Waals surface area contributed by atoms with E-state index in [0.29, 0.717) is 0 Å². The summed E-state index contributed by atoms with van der Waals surface area (Å²) in [5.74, 6) is -1.10. The van der Waals surface area contributed by atoms with E-state index in [0.717, 1.165) is 6.42 Å². The normalized spacial score (nSPS) is 13.8. The molecule has 112 valence electrons. The van der Waals surface area contributed by atoms with Crippen LogP contribution in [0.1, 0.15) is 41.0 Å². The van der Waals surface area contributed by atoms with Crippen molar-refractivity contribution in [2.24, 2.45) is 5.41 Å². The van der Waals surface area contributed by atoms with Crippen LogP contribution < -0.4 is 10.6 Å². The molecule has 0 spiro atoms. The zero-order chi connectivity index (χ0) is 15.3. The van der Waals surface area contributed by atoms with Crippen molar-refractivity contribution in [1.82, 2.24) is 10.6 Å². The number of methoxy groups -OCH3 is 1. The lowest BCUT2D eigenvalue weighted by molar-refractivity contribution is -0.147. The lowest BCUT2D eigenvalue weighted by atomic mass is 9.82. The maximum atomic E-state index is 11.7. The average Bonchev–Trinajstić information content (AvgIpc) is 2.12. The van der Waals surface area contributed by atoms with Gasteiger partial charge in [0.1, 0.15) is 0 Å². The van der Waals surface area contributed by atoms with E-state index in [4.69, 9.17) is 9.84 Å². The quantitative estimate of drug-likeness (QED) is 0.686. The summed E-state index contributed by atoms with van der Waals surface area (Å²) in [5.41, 5.74) is -0.277. The summed E-state index contributed by atoms with van der Waals surface area (Å²) >= 11 is 0. The summed E-state index contributed by atoms with van der Waals surface area (Å²) in [6.45, 7) is 10.1. The molecule has 0 aliphatic rings. The van der Waals surface area contributed by atoms with Gasteiger partial charge in [-0.25, -0.2) is 9.59 Å². The Kier molecular flexibility index (Phi) is 6.29. The van der Waals surface area contributed by atoms with Gasteiger partial charge in [0.2, 0.25) is 0 Å². The number of nitrogens with one attached hydrogen (secondary N) is 2. The van der Waals surface area contributed by atoms with Gasteiger partial charge in [-0.2, -0.15) is 0 Å². The first-order valence-electron chi connectivity index (χ1n) is 6.28. The molecule has 3 N–H and O–H groups in total. The van der Waals surface area contributed by atoms with Crippen molar-refractivity contribution in [2.45, 2.75) is 52.7 Å². The molecule has 1 unspecified atom stereocenters. The Hall–Kier alpha value is -1.30. The Balaban J connectivity index is 4.27. The highest BCUT2D eigenvalue weighted by Gasteiger charge is 2.27. The zero-order valence-corrected chi connectivity index (χ0v) is 12.7. The highest BCUT2D eigenvalue weighted by atomic mass is 16.5. The molecule has 0 bridgehead atoms. The zero-order valence-electron chi connectivity index (χ0n) is 12.7. The summed E-state index contributed by atoms with van der Waals surface area (Å²) in [4.78, 5) is 22.4. The van der Waals surface area contributed by atoms with Gasteiger partial charge in [-0.1, -0.05) is 20.8 Å². The summed E-state index contributed by atoms with van der Waals surface area (Å²) in [7, 11) is 1.29. The van der Waals surface area contributed by atoms with E-state index in [9.17, 15) is 9.59 Å². The molecule has 0 radical (unpaired) electrons. The van der Waals surface area contributed by atoms with Gasteiger partial charge in [0.25, 0.3) is 0 Å². The second-order valence-corrected chi connectivity index (χ2v) is 6.52. The molecule has 2 amide bonds. The maximum Gasteiger partial charge on any atom is 0.334 e. The third kappa shape index (κ3) is 8.42. The van der Waals surface area contributed by atoms with Crippen LogP contribution in [0, 0.1) is 5.41 Å². The number of urea groups is 1. The molecule has 6 nitrogen and oxygen atoms in total. The lowest BCUT2D eigenvalue weighted by Crippen LogP contribution is -2.51. The van der Waals surface area contributed by atoms with Gasteiger partial charge in [0, 0.05) is 12.6 Å². The fraction of sp³-hybridized carbons (Fsp3) is 0.846. The van der Waals surface area contributed by atoms with Crippen molar-refractivity contribution in [3.8, 4) is 0 Å². The standard InChI is InChI=1S/C13H26N2O4/c1-12(2,3)8-13(4,5)15-11(18)14-7-9(19-6)10(16)17/h9H,7-8H2,1-6H3,(H,16,17)(H2,14,15,18). The Morgan fingerprint density at radius 1 is 1.21 bits per heavy atom. The Labute approximate surface area is 114 Å². The van der Waals surface area contributed by atoms with Crippen LogP contribution in [0.5, 0.6) is 0 Å². The summed E-state index contributed by atoms with van der Waals surface area (Å²) < 4.78 is 4.73. The highest BCUT2D eigenvalue weighted by molar-refractivity contribution is 5.77. The van der Waals surface area contributed by atoms with E-state index in [2.05, 4.69) is 31.4 Å².